The summed E-state index contributed by atoms with van der Waals surface area (Å²) in [7, 11) is 0. The second-order valence-corrected chi connectivity index (χ2v) is 3.56. The molecular weight excluding hydrogens is 238 g/mol. The minimum atomic E-state index is -2.44. The third kappa shape index (κ3) is 4.81. The first kappa shape index (κ1) is 13.3. The van der Waals surface area contributed by atoms with Gasteiger partial charge in [0, 0.05) is 12.1 Å². The van der Waals surface area contributed by atoms with Gasteiger partial charge >= 0.3 is 0 Å². The van der Waals surface area contributed by atoms with E-state index in [1.807, 2.05) is 6.92 Å². The standard InChI is InChI=1S/C10H13ClF2N2O/c1-2-7-5-8(11)15-10(14-7)3-4-16-6-9(12)13/h5,9H,2-4,6H2,1H3. The van der Waals surface area contributed by atoms with Gasteiger partial charge in [0.2, 0.25) is 0 Å². The Balaban J connectivity index is 2.44. The zero-order valence-corrected chi connectivity index (χ0v) is 9.68. The molecule has 1 aromatic rings. The highest BCUT2D eigenvalue weighted by molar-refractivity contribution is 6.29. The van der Waals surface area contributed by atoms with Gasteiger partial charge in [-0.2, -0.15) is 0 Å². The summed E-state index contributed by atoms with van der Waals surface area (Å²) in [5, 5.41) is 0.371. The molecule has 0 aliphatic rings. The monoisotopic (exact) mass is 250 g/mol. The van der Waals surface area contributed by atoms with Crippen molar-refractivity contribution in [2.75, 3.05) is 13.2 Å². The lowest BCUT2D eigenvalue weighted by Gasteiger charge is -2.04. The van der Waals surface area contributed by atoms with E-state index in [0.717, 1.165) is 12.1 Å². The third-order valence-corrected chi connectivity index (χ3v) is 2.06. The molecule has 90 valence electrons. The molecule has 6 heteroatoms. The zero-order valence-electron chi connectivity index (χ0n) is 8.92. The van der Waals surface area contributed by atoms with Crippen molar-refractivity contribution in [1.29, 1.82) is 0 Å². The molecule has 0 aromatic carbocycles. The summed E-state index contributed by atoms with van der Waals surface area (Å²) >= 11 is 5.78. The highest BCUT2D eigenvalue weighted by Crippen LogP contribution is 2.08. The summed E-state index contributed by atoms with van der Waals surface area (Å²) in [6.45, 7) is 1.57. The SMILES string of the molecule is CCc1cc(Cl)nc(CCOCC(F)F)n1. The number of aromatic nitrogens is 2. The van der Waals surface area contributed by atoms with E-state index in [1.165, 1.54) is 0 Å². The quantitative estimate of drug-likeness (QED) is 0.575. The summed E-state index contributed by atoms with van der Waals surface area (Å²) in [4.78, 5) is 8.19. The van der Waals surface area contributed by atoms with E-state index in [-0.39, 0.29) is 6.61 Å². The second kappa shape index (κ2) is 6.70. The highest BCUT2D eigenvalue weighted by atomic mass is 35.5. The van der Waals surface area contributed by atoms with E-state index in [0.29, 0.717) is 17.4 Å². The molecule has 0 radical (unpaired) electrons. The van der Waals surface area contributed by atoms with Crippen LogP contribution in [0.15, 0.2) is 6.07 Å². The molecule has 0 N–H and O–H groups in total. The van der Waals surface area contributed by atoms with Crippen LogP contribution in [0.3, 0.4) is 0 Å². The minimum absolute atomic E-state index is 0.174. The largest absolute Gasteiger partial charge is 0.375 e. The number of hydrogen-bond donors (Lipinski definition) is 0. The molecule has 1 rings (SSSR count). The van der Waals surface area contributed by atoms with E-state index in [9.17, 15) is 8.78 Å². The van der Waals surface area contributed by atoms with E-state index in [4.69, 9.17) is 16.3 Å². The molecule has 0 atom stereocenters. The van der Waals surface area contributed by atoms with Crippen molar-refractivity contribution in [3.63, 3.8) is 0 Å². The van der Waals surface area contributed by atoms with Gasteiger partial charge in [-0.1, -0.05) is 18.5 Å². The van der Waals surface area contributed by atoms with Crippen LogP contribution in [0.25, 0.3) is 0 Å². The molecule has 16 heavy (non-hydrogen) atoms. The lowest BCUT2D eigenvalue weighted by atomic mass is 10.3. The van der Waals surface area contributed by atoms with Gasteiger partial charge in [0.1, 0.15) is 17.6 Å². The summed E-state index contributed by atoms with van der Waals surface area (Å²) in [5.41, 5.74) is 0.837. The van der Waals surface area contributed by atoms with Crippen LogP contribution in [-0.4, -0.2) is 29.6 Å². The fourth-order valence-corrected chi connectivity index (χ4v) is 1.37. The Morgan fingerprint density at radius 2 is 2.19 bits per heavy atom. The van der Waals surface area contributed by atoms with Crippen LogP contribution < -0.4 is 0 Å². The molecule has 0 fully saturated rings. The molecule has 1 aromatic heterocycles. The fourth-order valence-electron chi connectivity index (χ4n) is 1.14. The van der Waals surface area contributed by atoms with Crippen LogP contribution in [0, 0.1) is 0 Å². The number of rotatable bonds is 6. The summed E-state index contributed by atoms with van der Waals surface area (Å²) in [5.74, 6) is 0.526. The van der Waals surface area contributed by atoms with Crippen molar-refractivity contribution >= 4 is 11.6 Å². The molecule has 0 saturated heterocycles. The number of alkyl halides is 2. The molecule has 0 bridgehead atoms. The molecule has 0 amide bonds. The Kier molecular flexibility index (Phi) is 5.55. The van der Waals surface area contributed by atoms with Crippen LogP contribution in [0.5, 0.6) is 0 Å². The molecule has 0 aliphatic carbocycles. The smallest absolute Gasteiger partial charge is 0.261 e. The number of halogens is 3. The van der Waals surface area contributed by atoms with Crippen LogP contribution >= 0.6 is 11.6 Å². The number of ether oxygens (including phenoxy) is 1. The Morgan fingerprint density at radius 1 is 1.44 bits per heavy atom. The summed E-state index contributed by atoms with van der Waals surface area (Å²) < 4.78 is 28.3. The van der Waals surface area contributed by atoms with Crippen LogP contribution in [0.4, 0.5) is 8.78 Å². The number of nitrogens with zero attached hydrogens (tertiary/aromatic N) is 2. The topological polar surface area (TPSA) is 35.0 Å². The highest BCUT2D eigenvalue weighted by Gasteiger charge is 2.04. The first-order chi connectivity index (χ1) is 7.61. The van der Waals surface area contributed by atoms with Gasteiger partial charge in [0.05, 0.1) is 6.61 Å². The first-order valence-corrected chi connectivity index (χ1v) is 5.37. The fraction of sp³-hybridized carbons (Fsp3) is 0.600. The van der Waals surface area contributed by atoms with Crippen molar-refractivity contribution in [2.24, 2.45) is 0 Å². The Hall–Kier alpha value is -0.810. The normalized spacial score (nSPS) is 11.1. The average molecular weight is 251 g/mol. The van der Waals surface area contributed by atoms with E-state index in [1.54, 1.807) is 6.07 Å². The van der Waals surface area contributed by atoms with Crippen LogP contribution in [-0.2, 0) is 17.6 Å². The van der Waals surface area contributed by atoms with Gasteiger partial charge in [-0.05, 0) is 12.5 Å². The predicted molar refractivity (Wildman–Crippen MR) is 56.9 cm³/mol. The Morgan fingerprint density at radius 3 is 2.81 bits per heavy atom. The maximum atomic E-state index is 11.8. The molecule has 1 heterocycles. The first-order valence-electron chi connectivity index (χ1n) is 5.00. The average Bonchev–Trinajstić information content (AvgIpc) is 2.23. The minimum Gasteiger partial charge on any atom is -0.375 e. The van der Waals surface area contributed by atoms with Crippen molar-refractivity contribution in [3.05, 3.63) is 22.7 Å². The Labute approximate surface area is 97.8 Å². The van der Waals surface area contributed by atoms with E-state index < -0.39 is 13.0 Å². The van der Waals surface area contributed by atoms with Crippen molar-refractivity contribution in [3.8, 4) is 0 Å². The second-order valence-electron chi connectivity index (χ2n) is 3.17. The number of aryl methyl sites for hydroxylation is 1. The van der Waals surface area contributed by atoms with Crippen LogP contribution in [0.1, 0.15) is 18.4 Å². The maximum absolute atomic E-state index is 11.8. The van der Waals surface area contributed by atoms with Gasteiger partial charge in [0.25, 0.3) is 6.43 Å². The third-order valence-electron chi connectivity index (χ3n) is 1.87. The Bertz CT molecular complexity index is 337. The molecule has 0 saturated carbocycles. The predicted octanol–water partition coefficient (Wildman–Crippen LogP) is 2.52. The van der Waals surface area contributed by atoms with Crippen molar-refractivity contribution in [2.45, 2.75) is 26.2 Å². The maximum Gasteiger partial charge on any atom is 0.261 e. The van der Waals surface area contributed by atoms with Gasteiger partial charge < -0.3 is 4.74 Å². The lowest BCUT2D eigenvalue weighted by molar-refractivity contribution is 0.0182. The number of hydrogen-bond acceptors (Lipinski definition) is 3. The summed E-state index contributed by atoms with van der Waals surface area (Å²) in [6.07, 6.45) is -1.29. The van der Waals surface area contributed by atoms with Crippen LogP contribution in [0.2, 0.25) is 5.15 Å². The van der Waals surface area contributed by atoms with E-state index in [2.05, 4.69) is 9.97 Å². The van der Waals surface area contributed by atoms with Gasteiger partial charge in [-0.15, -0.1) is 0 Å². The van der Waals surface area contributed by atoms with E-state index >= 15 is 0 Å². The molecule has 0 spiro atoms. The molecule has 3 nitrogen and oxygen atoms in total. The molecule has 0 aliphatic heterocycles. The molecule has 0 unspecified atom stereocenters. The van der Waals surface area contributed by atoms with Crippen molar-refractivity contribution < 1.29 is 13.5 Å². The molecular formula is C10H13ClF2N2O. The summed E-state index contributed by atoms with van der Waals surface area (Å²) in [6, 6.07) is 1.69. The van der Waals surface area contributed by atoms with Gasteiger partial charge in [-0.25, -0.2) is 18.7 Å². The zero-order chi connectivity index (χ0) is 12.0. The lowest BCUT2D eigenvalue weighted by Crippen LogP contribution is -2.09. The van der Waals surface area contributed by atoms with Crippen molar-refractivity contribution in [1.82, 2.24) is 9.97 Å². The van der Waals surface area contributed by atoms with Gasteiger partial charge in [0.15, 0.2) is 0 Å². The van der Waals surface area contributed by atoms with Gasteiger partial charge in [-0.3, -0.25) is 0 Å².